The van der Waals surface area contributed by atoms with E-state index in [2.05, 4.69) is 15.9 Å². The molecule has 1 aliphatic heterocycles. The van der Waals surface area contributed by atoms with Gasteiger partial charge in [-0.1, -0.05) is 22.0 Å². The molecule has 1 atom stereocenters. The number of hydrogen-bond donors (Lipinski definition) is 2. The quantitative estimate of drug-likeness (QED) is 0.881. The zero-order chi connectivity index (χ0) is 14.8. The Balaban J connectivity index is 2.09. The van der Waals surface area contributed by atoms with Gasteiger partial charge in [-0.15, -0.1) is 0 Å². The minimum absolute atomic E-state index is 0.497. The summed E-state index contributed by atoms with van der Waals surface area (Å²) in [6.07, 6.45) is 0.845. The van der Waals surface area contributed by atoms with Crippen LogP contribution in [0.25, 0.3) is 0 Å². The summed E-state index contributed by atoms with van der Waals surface area (Å²) in [6, 6.07) is 5.86. The van der Waals surface area contributed by atoms with Crippen LogP contribution in [0.3, 0.4) is 0 Å². The standard InChI is InChI=1S/C15H22BrNO3/c1-11(18)13-4-3-12(9-14(13)16)17(2)10-15(19)5-7-20-8-6-15/h3-4,9,11,18-19H,5-8,10H2,1-2H3/t11-/m0/s1. The number of rotatable bonds is 4. The fourth-order valence-corrected chi connectivity index (χ4v) is 3.23. The van der Waals surface area contributed by atoms with Gasteiger partial charge in [0, 0.05) is 49.8 Å². The summed E-state index contributed by atoms with van der Waals surface area (Å²) < 4.78 is 6.18. The molecule has 20 heavy (non-hydrogen) atoms. The van der Waals surface area contributed by atoms with Crippen molar-refractivity contribution in [3.05, 3.63) is 28.2 Å². The van der Waals surface area contributed by atoms with Gasteiger partial charge in [0.05, 0.1) is 11.7 Å². The highest BCUT2D eigenvalue weighted by atomic mass is 79.9. The largest absolute Gasteiger partial charge is 0.389 e. The third-order valence-electron chi connectivity index (χ3n) is 3.83. The summed E-state index contributed by atoms with van der Waals surface area (Å²) in [5.74, 6) is 0. The summed E-state index contributed by atoms with van der Waals surface area (Å²) in [4.78, 5) is 2.04. The van der Waals surface area contributed by atoms with Gasteiger partial charge in [-0.3, -0.25) is 0 Å². The number of aliphatic hydroxyl groups is 2. The van der Waals surface area contributed by atoms with E-state index in [1.165, 1.54) is 0 Å². The summed E-state index contributed by atoms with van der Waals surface area (Å²) in [6.45, 7) is 3.56. The summed E-state index contributed by atoms with van der Waals surface area (Å²) in [5, 5.41) is 20.2. The molecule has 1 fully saturated rings. The predicted molar refractivity (Wildman–Crippen MR) is 83.0 cm³/mol. The fraction of sp³-hybridized carbons (Fsp3) is 0.600. The van der Waals surface area contributed by atoms with Crippen LogP contribution in [-0.2, 0) is 4.74 Å². The van der Waals surface area contributed by atoms with E-state index in [1.54, 1.807) is 6.92 Å². The molecular weight excluding hydrogens is 322 g/mol. The first-order valence-electron chi connectivity index (χ1n) is 6.90. The number of likely N-dealkylation sites (N-methyl/N-ethyl adjacent to an activating group) is 1. The first kappa shape index (κ1) is 15.8. The third kappa shape index (κ3) is 3.73. The SMILES string of the molecule is C[C@H](O)c1ccc(N(C)CC2(O)CCOCC2)cc1Br. The second kappa shape index (κ2) is 6.43. The van der Waals surface area contributed by atoms with Crippen molar-refractivity contribution in [1.82, 2.24) is 0 Å². The van der Waals surface area contributed by atoms with Crippen LogP contribution in [0.4, 0.5) is 5.69 Å². The van der Waals surface area contributed by atoms with Gasteiger partial charge in [0.1, 0.15) is 0 Å². The average Bonchev–Trinajstić information content (AvgIpc) is 2.38. The molecule has 0 aliphatic carbocycles. The Kier molecular flexibility index (Phi) is 5.07. The molecule has 0 spiro atoms. The zero-order valence-corrected chi connectivity index (χ0v) is 13.6. The van der Waals surface area contributed by atoms with E-state index >= 15 is 0 Å². The molecule has 2 rings (SSSR count). The Bertz CT molecular complexity index is 458. The Labute approximate surface area is 128 Å². The van der Waals surface area contributed by atoms with Gasteiger partial charge in [0.2, 0.25) is 0 Å². The minimum atomic E-state index is -0.678. The molecule has 5 heteroatoms. The molecule has 1 aromatic carbocycles. The molecule has 1 aliphatic rings. The number of benzene rings is 1. The topological polar surface area (TPSA) is 52.9 Å². The first-order chi connectivity index (χ1) is 9.41. The van der Waals surface area contributed by atoms with Crippen molar-refractivity contribution in [2.45, 2.75) is 31.5 Å². The minimum Gasteiger partial charge on any atom is -0.389 e. The molecule has 0 saturated carbocycles. The van der Waals surface area contributed by atoms with E-state index in [9.17, 15) is 10.2 Å². The highest BCUT2D eigenvalue weighted by Crippen LogP contribution is 2.29. The molecule has 1 aromatic rings. The smallest absolute Gasteiger partial charge is 0.0865 e. The van der Waals surface area contributed by atoms with Crippen molar-refractivity contribution in [1.29, 1.82) is 0 Å². The molecule has 0 radical (unpaired) electrons. The van der Waals surface area contributed by atoms with Crippen molar-refractivity contribution in [3.63, 3.8) is 0 Å². The van der Waals surface area contributed by atoms with Gasteiger partial charge in [-0.25, -0.2) is 0 Å². The van der Waals surface area contributed by atoms with Crippen LogP contribution in [0.5, 0.6) is 0 Å². The summed E-state index contributed by atoms with van der Waals surface area (Å²) >= 11 is 3.49. The average molecular weight is 344 g/mol. The molecule has 2 N–H and O–H groups in total. The Morgan fingerprint density at radius 2 is 2.05 bits per heavy atom. The number of hydrogen-bond acceptors (Lipinski definition) is 4. The third-order valence-corrected chi connectivity index (χ3v) is 4.52. The molecule has 1 heterocycles. The molecule has 1 saturated heterocycles. The van der Waals surface area contributed by atoms with Crippen molar-refractivity contribution in [3.8, 4) is 0 Å². The normalized spacial score (nSPS) is 19.6. The number of nitrogens with zero attached hydrogens (tertiary/aromatic N) is 1. The fourth-order valence-electron chi connectivity index (χ4n) is 2.53. The van der Waals surface area contributed by atoms with Gasteiger partial charge < -0.3 is 19.8 Å². The summed E-state index contributed by atoms with van der Waals surface area (Å²) in [5.41, 5.74) is 1.20. The van der Waals surface area contributed by atoms with Crippen LogP contribution in [0.2, 0.25) is 0 Å². The maximum atomic E-state index is 10.5. The highest BCUT2D eigenvalue weighted by molar-refractivity contribution is 9.10. The van der Waals surface area contributed by atoms with Crippen molar-refractivity contribution in [2.75, 3.05) is 31.7 Å². The van der Waals surface area contributed by atoms with Crippen molar-refractivity contribution < 1.29 is 14.9 Å². The van der Waals surface area contributed by atoms with Gasteiger partial charge in [0.25, 0.3) is 0 Å². The molecule has 0 unspecified atom stereocenters. The van der Waals surface area contributed by atoms with Crippen LogP contribution in [-0.4, -0.2) is 42.6 Å². The second-order valence-corrected chi connectivity index (χ2v) is 6.43. The maximum absolute atomic E-state index is 10.5. The first-order valence-corrected chi connectivity index (χ1v) is 7.69. The van der Waals surface area contributed by atoms with Crippen LogP contribution in [0.1, 0.15) is 31.4 Å². The zero-order valence-electron chi connectivity index (χ0n) is 12.0. The van der Waals surface area contributed by atoms with E-state index in [0.717, 1.165) is 15.7 Å². The lowest BCUT2D eigenvalue weighted by Gasteiger charge is -2.36. The van der Waals surface area contributed by atoms with Gasteiger partial charge in [0.15, 0.2) is 0 Å². The lowest BCUT2D eigenvalue weighted by molar-refractivity contribution is -0.0572. The number of halogens is 1. The Morgan fingerprint density at radius 3 is 2.60 bits per heavy atom. The van der Waals surface area contributed by atoms with E-state index in [1.807, 2.05) is 30.1 Å². The Morgan fingerprint density at radius 1 is 1.40 bits per heavy atom. The monoisotopic (exact) mass is 343 g/mol. The molecule has 0 amide bonds. The van der Waals surface area contributed by atoms with Crippen LogP contribution in [0, 0.1) is 0 Å². The number of anilines is 1. The van der Waals surface area contributed by atoms with Gasteiger partial charge >= 0.3 is 0 Å². The second-order valence-electron chi connectivity index (χ2n) is 5.57. The molecule has 112 valence electrons. The molecule has 0 aromatic heterocycles. The molecular formula is C15H22BrNO3. The number of ether oxygens (including phenoxy) is 1. The number of aliphatic hydroxyl groups excluding tert-OH is 1. The van der Waals surface area contributed by atoms with Crippen molar-refractivity contribution in [2.24, 2.45) is 0 Å². The van der Waals surface area contributed by atoms with Gasteiger partial charge in [-0.2, -0.15) is 0 Å². The predicted octanol–water partition coefficient (Wildman–Crippen LogP) is 2.48. The Hall–Kier alpha value is -0.620. The van der Waals surface area contributed by atoms with Gasteiger partial charge in [-0.05, 0) is 24.6 Å². The molecule has 4 nitrogen and oxygen atoms in total. The van der Waals surface area contributed by atoms with E-state index in [4.69, 9.17) is 4.74 Å². The van der Waals surface area contributed by atoms with E-state index in [-0.39, 0.29) is 0 Å². The van der Waals surface area contributed by atoms with Crippen LogP contribution in [0.15, 0.2) is 22.7 Å². The lowest BCUT2D eigenvalue weighted by Crippen LogP contribution is -2.45. The van der Waals surface area contributed by atoms with E-state index < -0.39 is 11.7 Å². The van der Waals surface area contributed by atoms with Crippen LogP contribution >= 0.6 is 15.9 Å². The lowest BCUT2D eigenvalue weighted by atomic mass is 9.93. The summed E-state index contributed by atoms with van der Waals surface area (Å²) in [7, 11) is 1.97. The highest BCUT2D eigenvalue weighted by Gasteiger charge is 2.31. The molecule has 0 bridgehead atoms. The maximum Gasteiger partial charge on any atom is 0.0865 e. The van der Waals surface area contributed by atoms with Crippen LogP contribution < -0.4 is 4.90 Å². The van der Waals surface area contributed by atoms with E-state index in [0.29, 0.717) is 32.6 Å². The van der Waals surface area contributed by atoms with Crippen molar-refractivity contribution >= 4 is 21.6 Å².